The van der Waals surface area contributed by atoms with Gasteiger partial charge in [0.25, 0.3) is 5.91 Å². The molecule has 1 aliphatic rings. The summed E-state index contributed by atoms with van der Waals surface area (Å²) in [5, 5.41) is 7.20. The van der Waals surface area contributed by atoms with Gasteiger partial charge in [0.2, 0.25) is 0 Å². The van der Waals surface area contributed by atoms with Gasteiger partial charge in [-0.3, -0.25) is 9.78 Å². The molecule has 0 aliphatic carbocycles. The Kier molecular flexibility index (Phi) is 5.85. The van der Waals surface area contributed by atoms with E-state index in [1.54, 1.807) is 12.3 Å². The summed E-state index contributed by atoms with van der Waals surface area (Å²) in [4.78, 5) is 15.6. The number of benzene rings is 1. The van der Waals surface area contributed by atoms with E-state index in [4.69, 9.17) is 10.5 Å². The first-order valence-electron chi connectivity index (χ1n) is 8.98. The normalized spacial score (nSPS) is 17.4. The molecule has 4 N–H and O–H groups in total. The van der Waals surface area contributed by atoms with Gasteiger partial charge in [0, 0.05) is 43.7 Å². The van der Waals surface area contributed by atoms with E-state index in [1.807, 2.05) is 6.07 Å². The maximum absolute atomic E-state index is 11.6. The molecule has 2 heterocycles. The monoisotopic (exact) mass is 354 g/mol. The Morgan fingerprint density at radius 3 is 2.69 bits per heavy atom. The molecule has 26 heavy (non-hydrogen) atoms. The first-order valence-corrected chi connectivity index (χ1v) is 8.98. The van der Waals surface area contributed by atoms with Crippen LogP contribution in [0.1, 0.15) is 41.7 Å². The number of nitrogens with two attached hydrogens (primary N) is 1. The number of nitrogens with one attached hydrogen (secondary N) is 2. The second-order valence-electron chi connectivity index (χ2n) is 6.81. The molecule has 1 unspecified atom stereocenters. The van der Waals surface area contributed by atoms with E-state index >= 15 is 0 Å². The third kappa shape index (κ3) is 4.39. The number of pyridine rings is 1. The van der Waals surface area contributed by atoms with Gasteiger partial charge in [-0.25, -0.2) is 0 Å². The van der Waals surface area contributed by atoms with Gasteiger partial charge in [-0.15, -0.1) is 0 Å². The lowest BCUT2D eigenvalue weighted by Crippen LogP contribution is -2.54. The highest BCUT2D eigenvalue weighted by Crippen LogP contribution is 2.26. The second-order valence-corrected chi connectivity index (χ2v) is 6.81. The molecule has 1 aromatic heterocycles. The summed E-state index contributed by atoms with van der Waals surface area (Å²) in [5.41, 5.74) is 7.71. The van der Waals surface area contributed by atoms with Crippen molar-refractivity contribution in [1.29, 1.82) is 0 Å². The van der Waals surface area contributed by atoms with Gasteiger partial charge in [-0.05, 0) is 31.4 Å². The number of carbonyl (C=O) groups excluding carboxylic acids is 1. The van der Waals surface area contributed by atoms with Crippen LogP contribution in [0.2, 0.25) is 0 Å². The molecule has 6 nitrogen and oxygen atoms in total. The fourth-order valence-corrected chi connectivity index (χ4v) is 3.43. The van der Waals surface area contributed by atoms with Crippen molar-refractivity contribution in [3.63, 3.8) is 0 Å². The van der Waals surface area contributed by atoms with Crippen molar-refractivity contribution in [3.8, 4) is 0 Å². The van der Waals surface area contributed by atoms with E-state index in [1.165, 1.54) is 11.8 Å². The lowest BCUT2D eigenvalue weighted by atomic mass is 9.88. The average molecular weight is 354 g/mol. The number of aromatic nitrogens is 1. The van der Waals surface area contributed by atoms with E-state index in [0.717, 1.165) is 26.1 Å². The molecule has 0 saturated carbocycles. The van der Waals surface area contributed by atoms with Crippen LogP contribution in [0.4, 0.5) is 5.69 Å². The number of hydrogen-bond donors (Lipinski definition) is 3. The zero-order valence-corrected chi connectivity index (χ0v) is 15.1. The summed E-state index contributed by atoms with van der Waals surface area (Å²) in [5.74, 6) is -0.479. The van der Waals surface area contributed by atoms with Crippen LogP contribution >= 0.6 is 0 Å². The molecule has 1 aromatic carbocycles. The Labute approximate surface area is 154 Å². The molecular formula is C20H26N4O2. The zero-order valence-electron chi connectivity index (χ0n) is 15.1. The summed E-state index contributed by atoms with van der Waals surface area (Å²) in [7, 11) is 0. The number of carbonyl (C=O) groups is 1. The fourth-order valence-electron chi connectivity index (χ4n) is 3.43. The summed E-state index contributed by atoms with van der Waals surface area (Å²) < 4.78 is 5.57. The Morgan fingerprint density at radius 2 is 2.00 bits per heavy atom. The predicted octanol–water partition coefficient (Wildman–Crippen LogP) is 2.49. The molecule has 3 rings (SSSR count). The van der Waals surface area contributed by atoms with Crippen molar-refractivity contribution in [2.45, 2.75) is 31.3 Å². The number of primary amides is 1. The lowest BCUT2D eigenvalue weighted by molar-refractivity contribution is 0.0389. The number of rotatable bonds is 7. The molecular weight excluding hydrogens is 328 g/mol. The van der Waals surface area contributed by atoms with Gasteiger partial charge in [0.1, 0.15) is 0 Å². The minimum Gasteiger partial charge on any atom is -0.382 e. The maximum Gasteiger partial charge on any atom is 0.252 e. The average Bonchev–Trinajstić information content (AvgIpc) is 2.68. The number of hydrogen-bond acceptors (Lipinski definition) is 5. The largest absolute Gasteiger partial charge is 0.382 e. The summed E-state index contributed by atoms with van der Waals surface area (Å²) in [6.07, 6.45) is 4.95. The van der Waals surface area contributed by atoms with E-state index < -0.39 is 5.91 Å². The highest BCUT2D eigenvalue weighted by molar-refractivity contribution is 5.98. The molecule has 6 heteroatoms. The van der Waals surface area contributed by atoms with Crippen molar-refractivity contribution in [2.75, 3.05) is 25.1 Å². The minimum absolute atomic E-state index is 0.119. The SMILES string of the molecule is CC(NC1(CNc2ccncc2C(N)=O)CCOCC1)c1ccccc1. The molecule has 0 bridgehead atoms. The molecule has 138 valence electrons. The molecule has 0 spiro atoms. The highest BCUT2D eigenvalue weighted by Gasteiger charge is 2.34. The van der Waals surface area contributed by atoms with Gasteiger partial charge in [0.05, 0.1) is 11.3 Å². The number of nitrogens with zero attached hydrogens (tertiary/aromatic N) is 1. The first kappa shape index (κ1) is 18.4. The van der Waals surface area contributed by atoms with Crippen LogP contribution in [-0.2, 0) is 4.74 Å². The number of anilines is 1. The second kappa shape index (κ2) is 8.29. The molecule has 1 atom stereocenters. The Morgan fingerprint density at radius 1 is 1.27 bits per heavy atom. The summed E-state index contributed by atoms with van der Waals surface area (Å²) >= 11 is 0. The minimum atomic E-state index is -0.479. The van der Waals surface area contributed by atoms with Gasteiger partial charge in [0.15, 0.2) is 0 Å². The quantitative estimate of drug-likeness (QED) is 0.711. The standard InChI is InChI=1S/C20H26N4O2/c1-15(16-5-3-2-4-6-16)24-20(8-11-26-12-9-20)14-23-18-7-10-22-13-17(18)19(21)25/h2-7,10,13,15,24H,8-9,11-12,14H2,1H3,(H2,21,25)(H,22,23). The van der Waals surface area contributed by atoms with Crippen molar-refractivity contribution in [3.05, 3.63) is 59.9 Å². The van der Waals surface area contributed by atoms with Crippen LogP contribution in [0, 0.1) is 0 Å². The molecule has 1 fully saturated rings. The van der Waals surface area contributed by atoms with E-state index in [9.17, 15) is 4.79 Å². The Hall–Kier alpha value is -2.44. The summed E-state index contributed by atoms with van der Waals surface area (Å²) in [6, 6.07) is 12.4. The lowest BCUT2D eigenvalue weighted by Gasteiger charge is -2.41. The van der Waals surface area contributed by atoms with Crippen molar-refractivity contribution in [1.82, 2.24) is 10.3 Å². The van der Waals surface area contributed by atoms with Crippen LogP contribution < -0.4 is 16.4 Å². The topological polar surface area (TPSA) is 89.3 Å². The van der Waals surface area contributed by atoms with Gasteiger partial charge in [-0.1, -0.05) is 30.3 Å². The van der Waals surface area contributed by atoms with E-state index in [2.05, 4.69) is 46.8 Å². The van der Waals surface area contributed by atoms with Crippen LogP contribution in [0.25, 0.3) is 0 Å². The Bertz CT molecular complexity index is 730. The third-order valence-corrected chi connectivity index (χ3v) is 4.98. The van der Waals surface area contributed by atoms with Crippen molar-refractivity contribution >= 4 is 11.6 Å². The van der Waals surface area contributed by atoms with Gasteiger partial charge >= 0.3 is 0 Å². The third-order valence-electron chi connectivity index (χ3n) is 4.98. The van der Waals surface area contributed by atoms with Crippen LogP contribution in [0.15, 0.2) is 48.8 Å². The molecule has 0 radical (unpaired) electrons. The van der Waals surface area contributed by atoms with E-state index in [-0.39, 0.29) is 11.6 Å². The van der Waals surface area contributed by atoms with Crippen molar-refractivity contribution in [2.24, 2.45) is 5.73 Å². The number of amides is 1. The van der Waals surface area contributed by atoms with Crippen LogP contribution in [-0.4, -0.2) is 36.2 Å². The maximum atomic E-state index is 11.6. The smallest absolute Gasteiger partial charge is 0.252 e. The van der Waals surface area contributed by atoms with Gasteiger partial charge in [-0.2, -0.15) is 0 Å². The van der Waals surface area contributed by atoms with Gasteiger partial charge < -0.3 is 21.1 Å². The molecule has 1 aliphatic heterocycles. The molecule has 1 saturated heterocycles. The zero-order chi connectivity index (χ0) is 18.4. The fraction of sp³-hybridized carbons (Fsp3) is 0.400. The molecule has 1 amide bonds. The highest BCUT2D eigenvalue weighted by atomic mass is 16.5. The van der Waals surface area contributed by atoms with Crippen LogP contribution in [0.5, 0.6) is 0 Å². The van der Waals surface area contributed by atoms with E-state index in [0.29, 0.717) is 17.8 Å². The summed E-state index contributed by atoms with van der Waals surface area (Å²) in [6.45, 7) is 4.29. The van der Waals surface area contributed by atoms with Crippen molar-refractivity contribution < 1.29 is 9.53 Å². The Balaban J connectivity index is 1.75. The number of ether oxygens (including phenoxy) is 1. The predicted molar refractivity (Wildman–Crippen MR) is 102 cm³/mol. The van der Waals surface area contributed by atoms with Crippen LogP contribution in [0.3, 0.4) is 0 Å². The first-order chi connectivity index (χ1) is 12.6. The molecule has 2 aromatic rings.